The Bertz CT molecular complexity index is 1500. The highest BCUT2D eigenvalue weighted by atomic mass is 19.4. The first-order valence-corrected chi connectivity index (χ1v) is 11.6. The van der Waals surface area contributed by atoms with Gasteiger partial charge in [0.25, 0.3) is 0 Å². The van der Waals surface area contributed by atoms with Crippen molar-refractivity contribution in [2.45, 2.75) is 39.3 Å². The first kappa shape index (κ1) is 25.8. The second-order valence-corrected chi connectivity index (χ2v) is 9.00. The smallest absolute Gasteiger partial charge is 0.416 e. The number of para-hydroxylation sites is 1. The molecule has 4 aromatic rings. The molecular formula is C28H25F3N2O4. The number of nitrogens with zero attached hydrogens (tertiary/aromatic N) is 1. The number of halogens is 3. The van der Waals surface area contributed by atoms with E-state index in [1.807, 2.05) is 19.9 Å². The first-order chi connectivity index (χ1) is 17.4. The summed E-state index contributed by atoms with van der Waals surface area (Å²) < 4.78 is 41.1. The second kappa shape index (κ2) is 10.0. The van der Waals surface area contributed by atoms with Crippen molar-refractivity contribution in [1.82, 2.24) is 4.98 Å². The number of carbonyl (C=O) groups is 1. The van der Waals surface area contributed by atoms with Crippen LogP contribution in [0.15, 0.2) is 53.5 Å². The van der Waals surface area contributed by atoms with Crippen molar-refractivity contribution in [3.8, 4) is 22.8 Å². The highest BCUT2D eigenvalue weighted by Crippen LogP contribution is 2.41. The van der Waals surface area contributed by atoms with E-state index >= 15 is 0 Å². The van der Waals surface area contributed by atoms with E-state index in [-0.39, 0.29) is 40.4 Å². The summed E-state index contributed by atoms with van der Waals surface area (Å²) in [5, 5.41) is 30.5. The van der Waals surface area contributed by atoms with Crippen molar-refractivity contribution >= 4 is 28.8 Å². The molecule has 0 saturated heterocycles. The zero-order chi connectivity index (χ0) is 26.9. The molecule has 192 valence electrons. The Morgan fingerprint density at radius 3 is 2.41 bits per heavy atom. The molecule has 0 bridgehead atoms. The number of aliphatic carboxylic acids is 1. The lowest BCUT2D eigenvalue weighted by Gasteiger charge is -2.13. The van der Waals surface area contributed by atoms with Crippen LogP contribution in [0.3, 0.4) is 0 Å². The quantitative estimate of drug-likeness (QED) is 0.200. The number of phenols is 1. The van der Waals surface area contributed by atoms with Crippen molar-refractivity contribution in [2.75, 3.05) is 0 Å². The van der Waals surface area contributed by atoms with E-state index in [1.165, 1.54) is 6.21 Å². The molecule has 6 nitrogen and oxygen atoms in total. The number of carboxylic acid groups (broad SMARTS) is 1. The third-order valence-corrected chi connectivity index (χ3v) is 6.04. The van der Waals surface area contributed by atoms with Crippen LogP contribution in [0.5, 0.6) is 11.6 Å². The van der Waals surface area contributed by atoms with Gasteiger partial charge in [0.15, 0.2) is 5.88 Å². The molecule has 0 unspecified atom stereocenters. The fourth-order valence-corrected chi connectivity index (χ4v) is 4.44. The van der Waals surface area contributed by atoms with Crippen LogP contribution in [0.4, 0.5) is 18.9 Å². The molecule has 0 saturated carbocycles. The Morgan fingerprint density at radius 1 is 1.05 bits per heavy atom. The van der Waals surface area contributed by atoms with Crippen LogP contribution in [0.1, 0.15) is 40.7 Å². The molecule has 0 amide bonds. The van der Waals surface area contributed by atoms with Crippen molar-refractivity contribution in [3.63, 3.8) is 0 Å². The number of phenolic OH excluding ortho intramolecular Hbond substituents is 1. The average Bonchev–Trinajstić information content (AvgIpc) is 3.12. The number of fused-ring (bicyclic) bond motifs is 1. The third kappa shape index (κ3) is 5.61. The van der Waals surface area contributed by atoms with Gasteiger partial charge in [-0.2, -0.15) is 13.2 Å². The number of aromatic hydroxyl groups is 2. The monoisotopic (exact) mass is 510 g/mol. The minimum Gasteiger partial charge on any atom is -0.505 e. The molecule has 0 aliphatic carbocycles. The van der Waals surface area contributed by atoms with Gasteiger partial charge in [-0.15, -0.1) is 0 Å². The van der Waals surface area contributed by atoms with Gasteiger partial charge in [-0.05, 0) is 61.6 Å². The van der Waals surface area contributed by atoms with Gasteiger partial charge in [0.2, 0.25) is 0 Å². The molecule has 0 radical (unpaired) electrons. The molecule has 37 heavy (non-hydrogen) atoms. The molecule has 9 heteroatoms. The van der Waals surface area contributed by atoms with E-state index in [4.69, 9.17) is 5.11 Å². The van der Waals surface area contributed by atoms with Crippen LogP contribution in [-0.4, -0.2) is 32.5 Å². The summed E-state index contributed by atoms with van der Waals surface area (Å²) in [7, 11) is 0. The summed E-state index contributed by atoms with van der Waals surface area (Å²) >= 11 is 0. The normalized spacial score (nSPS) is 12.0. The molecular weight excluding hydrogens is 485 g/mol. The van der Waals surface area contributed by atoms with Gasteiger partial charge >= 0.3 is 12.1 Å². The van der Waals surface area contributed by atoms with Gasteiger partial charge in [-0.3, -0.25) is 9.79 Å². The number of hydrogen-bond acceptors (Lipinski definition) is 4. The van der Waals surface area contributed by atoms with Gasteiger partial charge in [0.1, 0.15) is 11.4 Å². The molecule has 0 aliphatic rings. The average molecular weight is 511 g/mol. The van der Waals surface area contributed by atoms with Crippen LogP contribution in [-0.2, 0) is 17.4 Å². The standard InChI is InChI=1S/C28H25F3N2O4/c1-15-9-16(2)11-18(10-15)20-12-19(28(29,30)31)13-23-25(20)21(27(37)33-23)14-32-22-7-3-5-17(26(22)36)6-4-8-24(34)35/h3,5,7,9-14,33,36-37H,4,6,8H2,1-2H3,(H,34,35). The molecule has 3 aromatic carbocycles. The van der Waals surface area contributed by atoms with E-state index in [1.54, 1.807) is 30.3 Å². The van der Waals surface area contributed by atoms with Gasteiger partial charge in [-0.25, -0.2) is 0 Å². The third-order valence-electron chi connectivity index (χ3n) is 6.04. The summed E-state index contributed by atoms with van der Waals surface area (Å²) in [5.74, 6) is -1.42. The number of H-pyrrole nitrogens is 1. The summed E-state index contributed by atoms with van der Waals surface area (Å²) in [4.78, 5) is 17.7. The fraction of sp³-hybridized carbons (Fsp3) is 0.214. The summed E-state index contributed by atoms with van der Waals surface area (Å²) in [6.45, 7) is 3.70. The number of nitrogens with one attached hydrogen (secondary N) is 1. The highest BCUT2D eigenvalue weighted by Gasteiger charge is 2.32. The molecule has 0 spiro atoms. The number of benzene rings is 3. The Labute approximate surface area is 210 Å². The predicted octanol–water partition coefficient (Wildman–Crippen LogP) is 7.04. The van der Waals surface area contributed by atoms with E-state index in [2.05, 4.69) is 9.98 Å². The SMILES string of the molecule is Cc1cc(C)cc(-c2cc(C(F)(F)F)cc3[nH]c(O)c(C=Nc4cccc(CCCC(=O)O)c4O)c23)c1. The molecule has 0 atom stereocenters. The molecule has 1 heterocycles. The van der Waals surface area contributed by atoms with Gasteiger partial charge in [0.05, 0.1) is 16.6 Å². The van der Waals surface area contributed by atoms with E-state index in [0.29, 0.717) is 29.4 Å². The van der Waals surface area contributed by atoms with Crippen LogP contribution >= 0.6 is 0 Å². The Morgan fingerprint density at radius 2 is 1.76 bits per heavy atom. The minimum absolute atomic E-state index is 0.0444. The zero-order valence-corrected chi connectivity index (χ0v) is 20.1. The van der Waals surface area contributed by atoms with Gasteiger partial charge in [-0.1, -0.05) is 41.5 Å². The number of aryl methyl sites for hydroxylation is 3. The maximum atomic E-state index is 13.7. The van der Waals surface area contributed by atoms with Crippen molar-refractivity contribution in [2.24, 2.45) is 4.99 Å². The Balaban J connectivity index is 1.84. The summed E-state index contributed by atoms with van der Waals surface area (Å²) in [6, 6.07) is 12.3. The lowest BCUT2D eigenvalue weighted by atomic mass is 9.94. The number of aromatic nitrogens is 1. The van der Waals surface area contributed by atoms with Gasteiger partial charge < -0.3 is 20.3 Å². The number of carboxylic acids is 1. The topological polar surface area (TPSA) is 106 Å². The lowest BCUT2D eigenvalue weighted by Crippen LogP contribution is -2.05. The van der Waals surface area contributed by atoms with Crippen molar-refractivity contribution in [1.29, 1.82) is 0 Å². The Hall–Kier alpha value is -4.27. The van der Waals surface area contributed by atoms with Crippen LogP contribution < -0.4 is 0 Å². The number of aliphatic imine (C=N–C) groups is 1. The Kier molecular flexibility index (Phi) is 6.98. The van der Waals surface area contributed by atoms with Crippen LogP contribution in [0.25, 0.3) is 22.0 Å². The number of alkyl halides is 3. The maximum absolute atomic E-state index is 13.7. The first-order valence-electron chi connectivity index (χ1n) is 11.6. The highest BCUT2D eigenvalue weighted by molar-refractivity contribution is 6.10. The maximum Gasteiger partial charge on any atom is 0.416 e. The predicted molar refractivity (Wildman–Crippen MR) is 136 cm³/mol. The molecule has 4 N–H and O–H groups in total. The van der Waals surface area contributed by atoms with E-state index in [9.17, 15) is 28.2 Å². The van der Waals surface area contributed by atoms with Crippen LogP contribution in [0, 0.1) is 13.8 Å². The second-order valence-electron chi connectivity index (χ2n) is 9.00. The van der Waals surface area contributed by atoms with Crippen molar-refractivity contribution < 1.29 is 33.3 Å². The lowest BCUT2D eigenvalue weighted by molar-refractivity contribution is -0.138. The number of aromatic amines is 1. The summed E-state index contributed by atoms with van der Waals surface area (Å²) in [6.07, 6.45) is -2.68. The zero-order valence-electron chi connectivity index (χ0n) is 20.1. The van der Waals surface area contributed by atoms with Crippen LogP contribution in [0.2, 0.25) is 0 Å². The van der Waals surface area contributed by atoms with Crippen molar-refractivity contribution in [3.05, 3.63) is 76.3 Å². The minimum atomic E-state index is -4.59. The summed E-state index contributed by atoms with van der Waals surface area (Å²) in [5.41, 5.74) is 2.70. The fourth-order valence-electron chi connectivity index (χ4n) is 4.44. The molecule has 0 fully saturated rings. The molecule has 4 rings (SSSR count). The van der Waals surface area contributed by atoms with E-state index < -0.39 is 17.7 Å². The number of hydrogen-bond donors (Lipinski definition) is 4. The van der Waals surface area contributed by atoms with E-state index in [0.717, 1.165) is 23.3 Å². The number of rotatable bonds is 7. The largest absolute Gasteiger partial charge is 0.505 e. The molecule has 0 aliphatic heterocycles. The van der Waals surface area contributed by atoms with Gasteiger partial charge in [0, 0.05) is 18.0 Å². The molecule has 1 aromatic heterocycles.